The average Bonchev–Trinajstić information content (AvgIpc) is 3.20. The van der Waals surface area contributed by atoms with Crippen molar-refractivity contribution in [3.8, 4) is 11.4 Å². The molecular formula is C17H17F8N5O2S. The van der Waals surface area contributed by atoms with Crippen molar-refractivity contribution in [2.75, 3.05) is 0 Å². The SMILES string of the molecule is [2H]C([2H])([2H])C(C)(C(=O)NNC(=O)/C=C\n1cnc(-c2cc(C(F)(F)F)cc(S(F)(F)(F)(F)F)c2)n1)C([2H])([2H])[2H]. The number of rotatable bonds is 4. The molecule has 0 radical (unpaired) electrons. The van der Waals surface area contributed by atoms with Crippen LogP contribution in [0.5, 0.6) is 0 Å². The zero-order valence-electron chi connectivity index (χ0n) is 22.1. The number of hydrazine groups is 1. The van der Waals surface area contributed by atoms with Crippen molar-refractivity contribution in [3.63, 3.8) is 0 Å². The van der Waals surface area contributed by atoms with Gasteiger partial charge in [0, 0.05) is 31.5 Å². The third-order valence-electron chi connectivity index (χ3n) is 3.58. The molecule has 33 heavy (non-hydrogen) atoms. The van der Waals surface area contributed by atoms with E-state index in [9.17, 15) is 42.2 Å². The number of hydrogen-bond donors (Lipinski definition) is 2. The van der Waals surface area contributed by atoms with E-state index in [1.165, 1.54) is 0 Å². The van der Waals surface area contributed by atoms with E-state index in [2.05, 4.69) is 10.1 Å². The molecule has 0 aliphatic carbocycles. The summed E-state index contributed by atoms with van der Waals surface area (Å²) >= 11 is 0. The van der Waals surface area contributed by atoms with Gasteiger partial charge < -0.3 is 0 Å². The predicted octanol–water partition coefficient (Wildman–Crippen LogP) is 5.29. The van der Waals surface area contributed by atoms with E-state index in [1.807, 2.05) is 0 Å². The van der Waals surface area contributed by atoms with Crippen LogP contribution < -0.4 is 10.9 Å². The minimum atomic E-state index is -10.5. The zero-order valence-corrected chi connectivity index (χ0v) is 16.9. The number of carbonyl (C=O) groups excluding carboxylic acids is 2. The van der Waals surface area contributed by atoms with E-state index in [4.69, 9.17) is 8.22 Å². The van der Waals surface area contributed by atoms with Crippen LogP contribution in [0, 0.1) is 5.41 Å². The van der Waals surface area contributed by atoms with E-state index < -0.39 is 75.2 Å². The summed E-state index contributed by atoms with van der Waals surface area (Å²) < 4.78 is 150. The lowest BCUT2D eigenvalue weighted by molar-refractivity contribution is -0.137. The van der Waals surface area contributed by atoms with Gasteiger partial charge in [-0.1, -0.05) is 40.1 Å². The van der Waals surface area contributed by atoms with Crippen LogP contribution in [0.2, 0.25) is 0 Å². The maximum Gasteiger partial charge on any atom is 0.416 e. The zero-order chi connectivity index (χ0) is 30.5. The third-order valence-corrected chi connectivity index (χ3v) is 4.70. The van der Waals surface area contributed by atoms with Gasteiger partial charge in [0.05, 0.1) is 5.56 Å². The number of hydrogen-bond acceptors (Lipinski definition) is 4. The first-order valence-corrected chi connectivity index (χ1v) is 10.2. The molecular weight excluding hydrogens is 490 g/mol. The van der Waals surface area contributed by atoms with Crippen LogP contribution in [0.25, 0.3) is 17.6 Å². The Kier molecular flexibility index (Phi) is 4.11. The van der Waals surface area contributed by atoms with Gasteiger partial charge >= 0.3 is 16.4 Å². The van der Waals surface area contributed by atoms with Crippen molar-refractivity contribution in [1.29, 1.82) is 0 Å². The molecule has 0 unspecified atom stereocenters. The van der Waals surface area contributed by atoms with Crippen LogP contribution in [0.15, 0.2) is 35.5 Å². The number of amides is 2. The van der Waals surface area contributed by atoms with Gasteiger partial charge in [0.25, 0.3) is 5.91 Å². The van der Waals surface area contributed by atoms with E-state index in [0.29, 0.717) is 30.2 Å². The average molecular weight is 513 g/mol. The second-order valence-corrected chi connectivity index (χ2v) is 9.05. The summed E-state index contributed by atoms with van der Waals surface area (Å²) in [7, 11) is -10.5. The Bertz CT molecular complexity index is 1310. The maximum atomic E-state index is 13.2. The highest BCUT2D eigenvalue weighted by molar-refractivity contribution is 8.45. The number of aromatic nitrogens is 3. The van der Waals surface area contributed by atoms with Crippen molar-refractivity contribution in [3.05, 3.63) is 36.2 Å². The van der Waals surface area contributed by atoms with Crippen molar-refractivity contribution >= 4 is 28.2 Å². The molecule has 1 aromatic heterocycles. The highest BCUT2D eigenvalue weighted by atomic mass is 32.5. The molecule has 1 heterocycles. The number of nitrogens with one attached hydrogen (secondary N) is 2. The summed E-state index contributed by atoms with van der Waals surface area (Å²) in [6, 6.07) is -0.912. The molecule has 0 saturated carbocycles. The summed E-state index contributed by atoms with van der Waals surface area (Å²) in [5.74, 6) is -3.69. The number of nitrogens with zero attached hydrogens (tertiary/aromatic N) is 3. The Labute approximate surface area is 190 Å². The standard InChI is InChI=1S/C17H17F8N5O2S/c1-16(2,3)15(32)28-27-13(31)4-5-30-9-26-14(29-30)10-6-11(17(18,19)20)8-12(7-10)33(21,22,23,24)25/h4-9H,1-3H3,(H,27,31)(H,28,32)/b5-4-/i1D3,2D3. The van der Waals surface area contributed by atoms with E-state index in [-0.39, 0.29) is 12.1 Å². The van der Waals surface area contributed by atoms with Gasteiger partial charge in [-0.25, -0.2) is 9.67 Å². The Morgan fingerprint density at radius 2 is 1.73 bits per heavy atom. The second kappa shape index (κ2) is 7.43. The fraction of sp³-hybridized carbons (Fsp3) is 0.294. The number of halogens is 8. The van der Waals surface area contributed by atoms with E-state index in [1.54, 1.807) is 10.9 Å². The Morgan fingerprint density at radius 3 is 2.27 bits per heavy atom. The second-order valence-electron chi connectivity index (χ2n) is 6.65. The normalized spacial score (nSPS) is 18.6. The smallest absolute Gasteiger partial charge is 0.273 e. The van der Waals surface area contributed by atoms with E-state index in [0.717, 1.165) is 0 Å². The first kappa shape index (κ1) is 18.3. The van der Waals surface area contributed by atoms with Crippen LogP contribution in [0.3, 0.4) is 0 Å². The predicted molar refractivity (Wildman–Crippen MR) is 103 cm³/mol. The molecule has 0 saturated heterocycles. The van der Waals surface area contributed by atoms with Crippen molar-refractivity contribution in [1.82, 2.24) is 25.6 Å². The quantitative estimate of drug-likeness (QED) is 0.331. The summed E-state index contributed by atoms with van der Waals surface area (Å²) in [4.78, 5) is 24.7. The molecule has 1 aromatic carbocycles. The molecule has 0 fully saturated rings. The fourth-order valence-electron chi connectivity index (χ4n) is 2.02. The van der Waals surface area contributed by atoms with Crippen LogP contribution in [-0.2, 0) is 15.8 Å². The molecule has 7 nitrogen and oxygen atoms in total. The topological polar surface area (TPSA) is 88.9 Å². The molecule has 2 amide bonds. The molecule has 0 aliphatic heterocycles. The van der Waals surface area contributed by atoms with Gasteiger partial charge in [0.15, 0.2) is 5.82 Å². The highest BCUT2D eigenvalue weighted by Gasteiger charge is 2.66. The lowest BCUT2D eigenvalue weighted by Gasteiger charge is -2.40. The summed E-state index contributed by atoms with van der Waals surface area (Å²) in [6.45, 7) is -6.01. The highest BCUT2D eigenvalue weighted by Crippen LogP contribution is 3.02. The minimum absolute atomic E-state index is 0.103. The first-order valence-electron chi connectivity index (χ1n) is 11.2. The van der Waals surface area contributed by atoms with E-state index >= 15 is 0 Å². The molecule has 2 rings (SSSR count). The maximum absolute atomic E-state index is 13.2. The van der Waals surface area contributed by atoms with Gasteiger partial charge in [0.1, 0.15) is 11.2 Å². The number of carbonyl (C=O) groups is 2. The Hall–Kier alpha value is -3.17. The molecule has 16 heteroatoms. The Balaban J connectivity index is 2.28. The van der Waals surface area contributed by atoms with Crippen LogP contribution in [-0.4, -0.2) is 26.6 Å². The first-order chi connectivity index (χ1) is 17.1. The van der Waals surface area contributed by atoms with Crippen molar-refractivity contribution in [2.45, 2.75) is 31.7 Å². The van der Waals surface area contributed by atoms with Crippen molar-refractivity contribution in [2.24, 2.45) is 5.41 Å². The largest absolute Gasteiger partial charge is 0.416 e. The third kappa shape index (κ3) is 7.16. The molecule has 0 aliphatic rings. The monoisotopic (exact) mass is 513 g/mol. The number of benzene rings is 1. The summed E-state index contributed by atoms with van der Waals surface area (Å²) in [6.07, 6.45) is -3.48. The summed E-state index contributed by atoms with van der Waals surface area (Å²) in [5.41, 5.74) is -2.76. The molecule has 184 valence electrons. The van der Waals surface area contributed by atoms with Crippen LogP contribution >= 0.6 is 10.2 Å². The summed E-state index contributed by atoms with van der Waals surface area (Å²) in [5, 5.41) is 3.48. The van der Waals surface area contributed by atoms with Crippen LogP contribution in [0.1, 0.15) is 34.4 Å². The Morgan fingerprint density at radius 1 is 1.09 bits per heavy atom. The minimum Gasteiger partial charge on any atom is -0.273 e. The van der Waals surface area contributed by atoms with Crippen molar-refractivity contribution < 1.29 is 50.4 Å². The molecule has 0 atom stereocenters. The van der Waals surface area contributed by atoms with Gasteiger partial charge in [-0.2, -0.15) is 13.2 Å². The lowest BCUT2D eigenvalue weighted by Crippen LogP contribution is -2.46. The van der Waals surface area contributed by atoms with Crippen LogP contribution in [0.4, 0.5) is 32.6 Å². The number of alkyl halides is 3. The van der Waals surface area contributed by atoms with Gasteiger partial charge in [-0.05, 0) is 18.2 Å². The van der Waals surface area contributed by atoms with Gasteiger partial charge in [-0.15, -0.1) is 5.10 Å². The molecule has 2 aromatic rings. The molecule has 2 N–H and O–H groups in total. The molecule has 0 bridgehead atoms. The fourth-order valence-corrected chi connectivity index (χ4v) is 2.72. The molecule has 0 spiro atoms. The van der Waals surface area contributed by atoms with Gasteiger partial charge in [-0.3, -0.25) is 20.4 Å². The lowest BCUT2D eigenvalue weighted by atomic mass is 9.96. The van der Waals surface area contributed by atoms with Gasteiger partial charge in [0.2, 0.25) is 5.91 Å².